The Morgan fingerprint density at radius 2 is 1.88 bits per heavy atom. The molecule has 1 aromatic carbocycles. The first-order chi connectivity index (χ1) is 8.06. The highest BCUT2D eigenvalue weighted by Crippen LogP contribution is 2.29. The van der Waals surface area contributed by atoms with Crippen LogP contribution in [0.2, 0.25) is 0 Å². The normalized spacial score (nSPS) is 13.1. The Balaban J connectivity index is 3.00. The van der Waals surface area contributed by atoms with Gasteiger partial charge in [-0.1, -0.05) is 25.1 Å². The average Bonchev–Trinajstić information content (AvgIpc) is 2.26. The third-order valence-corrected chi connectivity index (χ3v) is 2.29. The largest absolute Gasteiger partial charge is 0.491 e. The molecule has 96 valence electrons. The molecule has 0 spiro atoms. The summed E-state index contributed by atoms with van der Waals surface area (Å²) in [7, 11) is 0. The minimum absolute atomic E-state index is 0.0314. The van der Waals surface area contributed by atoms with E-state index in [0.717, 1.165) is 0 Å². The standard InChI is InChI=1S/C13H19F2NO/c1-4-16-12(13(14)15)10-7-5-6-8-11(10)17-9(2)3/h5-9,12-13,16H,4H2,1-3H3. The molecule has 0 heterocycles. The van der Waals surface area contributed by atoms with Gasteiger partial charge in [0.2, 0.25) is 0 Å². The second-order valence-corrected chi connectivity index (χ2v) is 4.07. The molecule has 1 atom stereocenters. The first-order valence-electron chi connectivity index (χ1n) is 5.83. The van der Waals surface area contributed by atoms with Crippen molar-refractivity contribution >= 4 is 0 Å². The Hall–Kier alpha value is -1.16. The van der Waals surface area contributed by atoms with Crippen molar-refractivity contribution in [2.24, 2.45) is 0 Å². The van der Waals surface area contributed by atoms with Crippen LogP contribution in [0.5, 0.6) is 5.75 Å². The summed E-state index contributed by atoms with van der Waals surface area (Å²) in [5.74, 6) is 0.522. The molecule has 0 aliphatic heterocycles. The molecule has 1 unspecified atom stereocenters. The molecule has 0 aliphatic carbocycles. The molecule has 0 fully saturated rings. The van der Waals surface area contributed by atoms with Crippen LogP contribution in [-0.2, 0) is 0 Å². The Morgan fingerprint density at radius 3 is 2.41 bits per heavy atom. The molecule has 17 heavy (non-hydrogen) atoms. The summed E-state index contributed by atoms with van der Waals surface area (Å²) in [6.45, 7) is 6.05. The van der Waals surface area contributed by atoms with Crippen molar-refractivity contribution in [2.75, 3.05) is 6.54 Å². The molecule has 0 amide bonds. The third-order valence-electron chi connectivity index (χ3n) is 2.29. The number of rotatable bonds is 6. The smallest absolute Gasteiger partial charge is 0.257 e. The Kier molecular flexibility index (Phi) is 5.35. The molecular weight excluding hydrogens is 224 g/mol. The van der Waals surface area contributed by atoms with Gasteiger partial charge in [-0.25, -0.2) is 8.78 Å². The fraction of sp³-hybridized carbons (Fsp3) is 0.538. The number of benzene rings is 1. The van der Waals surface area contributed by atoms with Gasteiger partial charge in [0.05, 0.1) is 12.1 Å². The second kappa shape index (κ2) is 6.55. The van der Waals surface area contributed by atoms with Crippen LogP contribution in [0.25, 0.3) is 0 Å². The molecule has 2 nitrogen and oxygen atoms in total. The van der Waals surface area contributed by atoms with E-state index in [-0.39, 0.29) is 6.10 Å². The van der Waals surface area contributed by atoms with Gasteiger partial charge in [0.1, 0.15) is 5.75 Å². The number of halogens is 2. The van der Waals surface area contributed by atoms with Crippen LogP contribution in [0.4, 0.5) is 8.78 Å². The van der Waals surface area contributed by atoms with Gasteiger partial charge < -0.3 is 10.1 Å². The second-order valence-electron chi connectivity index (χ2n) is 4.07. The predicted molar refractivity (Wildman–Crippen MR) is 64.6 cm³/mol. The lowest BCUT2D eigenvalue weighted by Crippen LogP contribution is -2.27. The lowest BCUT2D eigenvalue weighted by Gasteiger charge is -2.21. The van der Waals surface area contributed by atoms with Crippen molar-refractivity contribution in [3.05, 3.63) is 29.8 Å². The van der Waals surface area contributed by atoms with Gasteiger partial charge in [0, 0.05) is 5.56 Å². The topological polar surface area (TPSA) is 21.3 Å². The molecule has 1 rings (SSSR count). The maximum atomic E-state index is 13.0. The molecule has 4 heteroatoms. The van der Waals surface area contributed by atoms with Gasteiger partial charge in [0.25, 0.3) is 6.43 Å². The van der Waals surface area contributed by atoms with E-state index in [1.807, 2.05) is 13.8 Å². The highest BCUT2D eigenvalue weighted by Gasteiger charge is 2.24. The first-order valence-corrected chi connectivity index (χ1v) is 5.83. The quantitative estimate of drug-likeness (QED) is 0.827. The molecule has 1 N–H and O–H groups in total. The number of nitrogens with one attached hydrogen (secondary N) is 1. The van der Waals surface area contributed by atoms with Crippen LogP contribution in [0.3, 0.4) is 0 Å². The van der Waals surface area contributed by atoms with Crippen LogP contribution in [-0.4, -0.2) is 19.1 Å². The number of hydrogen-bond donors (Lipinski definition) is 1. The summed E-state index contributed by atoms with van der Waals surface area (Å²) in [6.07, 6.45) is -2.48. The Bertz CT molecular complexity index is 342. The van der Waals surface area contributed by atoms with E-state index in [2.05, 4.69) is 5.32 Å². The molecule has 0 aliphatic rings. The van der Waals surface area contributed by atoms with Crippen molar-refractivity contribution < 1.29 is 13.5 Å². The van der Waals surface area contributed by atoms with E-state index in [1.165, 1.54) is 0 Å². The van der Waals surface area contributed by atoms with E-state index < -0.39 is 12.5 Å². The van der Waals surface area contributed by atoms with Crippen LogP contribution >= 0.6 is 0 Å². The highest BCUT2D eigenvalue weighted by atomic mass is 19.3. The van der Waals surface area contributed by atoms with Gasteiger partial charge in [-0.15, -0.1) is 0 Å². The van der Waals surface area contributed by atoms with Gasteiger partial charge in [-0.2, -0.15) is 0 Å². The maximum Gasteiger partial charge on any atom is 0.257 e. The van der Waals surface area contributed by atoms with Crippen molar-refractivity contribution in [3.63, 3.8) is 0 Å². The SMILES string of the molecule is CCNC(c1ccccc1OC(C)C)C(F)F. The Morgan fingerprint density at radius 1 is 1.24 bits per heavy atom. The zero-order valence-electron chi connectivity index (χ0n) is 10.4. The average molecular weight is 243 g/mol. The minimum Gasteiger partial charge on any atom is -0.491 e. The number of ether oxygens (including phenoxy) is 1. The zero-order valence-corrected chi connectivity index (χ0v) is 10.4. The van der Waals surface area contributed by atoms with Crippen molar-refractivity contribution in [3.8, 4) is 5.75 Å². The minimum atomic E-state index is -2.45. The fourth-order valence-corrected chi connectivity index (χ4v) is 1.65. The summed E-state index contributed by atoms with van der Waals surface area (Å²) in [5, 5.41) is 2.78. The number of para-hydroxylation sites is 1. The van der Waals surface area contributed by atoms with E-state index in [4.69, 9.17) is 4.74 Å². The predicted octanol–water partition coefficient (Wildman–Crippen LogP) is 3.39. The van der Waals surface area contributed by atoms with E-state index in [0.29, 0.717) is 17.9 Å². The molecule has 0 radical (unpaired) electrons. The lowest BCUT2D eigenvalue weighted by atomic mass is 10.1. The fourth-order valence-electron chi connectivity index (χ4n) is 1.65. The van der Waals surface area contributed by atoms with Crippen molar-refractivity contribution in [1.29, 1.82) is 0 Å². The molecule has 0 saturated heterocycles. The summed E-state index contributed by atoms with van der Waals surface area (Å²) in [6, 6.07) is 5.96. The summed E-state index contributed by atoms with van der Waals surface area (Å²) in [4.78, 5) is 0. The summed E-state index contributed by atoms with van der Waals surface area (Å²) in [5.41, 5.74) is 0.512. The molecule has 0 bridgehead atoms. The van der Waals surface area contributed by atoms with Gasteiger partial charge in [-0.3, -0.25) is 0 Å². The van der Waals surface area contributed by atoms with Crippen LogP contribution in [0, 0.1) is 0 Å². The third kappa shape index (κ3) is 3.97. The summed E-state index contributed by atoms with van der Waals surface area (Å²) >= 11 is 0. The molecule has 0 aromatic heterocycles. The van der Waals surface area contributed by atoms with Crippen molar-refractivity contribution in [1.82, 2.24) is 5.32 Å². The van der Waals surface area contributed by atoms with Crippen LogP contribution in [0.1, 0.15) is 32.4 Å². The molecule has 0 saturated carbocycles. The van der Waals surface area contributed by atoms with Crippen LogP contribution < -0.4 is 10.1 Å². The van der Waals surface area contributed by atoms with Crippen molar-refractivity contribution in [2.45, 2.75) is 39.3 Å². The highest BCUT2D eigenvalue weighted by molar-refractivity contribution is 5.36. The molecule has 1 aromatic rings. The maximum absolute atomic E-state index is 13.0. The van der Waals surface area contributed by atoms with E-state index in [9.17, 15) is 8.78 Å². The summed E-state index contributed by atoms with van der Waals surface area (Å²) < 4.78 is 31.5. The van der Waals surface area contributed by atoms with Gasteiger partial charge >= 0.3 is 0 Å². The number of alkyl halides is 2. The van der Waals surface area contributed by atoms with Crippen LogP contribution in [0.15, 0.2) is 24.3 Å². The van der Waals surface area contributed by atoms with E-state index >= 15 is 0 Å². The Labute approximate surface area is 101 Å². The zero-order chi connectivity index (χ0) is 12.8. The number of hydrogen-bond acceptors (Lipinski definition) is 2. The van der Waals surface area contributed by atoms with Gasteiger partial charge in [-0.05, 0) is 26.5 Å². The monoisotopic (exact) mass is 243 g/mol. The first kappa shape index (κ1) is 13.9. The molecular formula is C13H19F2NO. The van der Waals surface area contributed by atoms with Gasteiger partial charge in [0.15, 0.2) is 0 Å². The lowest BCUT2D eigenvalue weighted by molar-refractivity contribution is 0.0966. The van der Waals surface area contributed by atoms with E-state index in [1.54, 1.807) is 31.2 Å².